The summed E-state index contributed by atoms with van der Waals surface area (Å²) in [5, 5.41) is 0. The average molecular weight is 427 g/mol. The van der Waals surface area contributed by atoms with Crippen LogP contribution in [-0.2, 0) is 19.1 Å². The third-order valence-electron chi connectivity index (χ3n) is 7.02. The van der Waals surface area contributed by atoms with Crippen molar-refractivity contribution in [1.29, 1.82) is 0 Å². The molecule has 5 aliphatic rings. The fourth-order valence-electron chi connectivity index (χ4n) is 5.28. The van der Waals surface area contributed by atoms with Crippen molar-refractivity contribution in [2.75, 3.05) is 26.4 Å². The maximum atomic E-state index is 13.1. The van der Waals surface area contributed by atoms with E-state index in [1.54, 1.807) is 4.90 Å². The van der Waals surface area contributed by atoms with Gasteiger partial charge < -0.3 is 19.1 Å². The van der Waals surface area contributed by atoms with Gasteiger partial charge >= 0.3 is 0 Å². The molecule has 4 heterocycles. The molecule has 4 aliphatic heterocycles. The average Bonchev–Trinajstić information content (AvgIpc) is 3.47. The van der Waals surface area contributed by atoms with Crippen LogP contribution >= 0.6 is 0 Å². The van der Waals surface area contributed by atoms with Crippen LogP contribution in [-0.4, -0.2) is 67.0 Å². The molecule has 0 spiro atoms. The fraction of sp³-hybridized carbons (Fsp3) is 0.625. The van der Waals surface area contributed by atoms with Crippen molar-refractivity contribution < 1.29 is 23.8 Å². The summed E-state index contributed by atoms with van der Waals surface area (Å²) in [6.45, 7) is 1.50. The molecular formula is C24H30N2O5. The summed E-state index contributed by atoms with van der Waals surface area (Å²) < 4.78 is 17.8. The molecule has 1 aliphatic carbocycles. The van der Waals surface area contributed by atoms with Crippen molar-refractivity contribution in [3.63, 3.8) is 0 Å². The van der Waals surface area contributed by atoms with E-state index >= 15 is 0 Å². The van der Waals surface area contributed by atoms with Crippen molar-refractivity contribution in [2.45, 2.75) is 69.1 Å². The number of amides is 2. The van der Waals surface area contributed by atoms with Gasteiger partial charge in [-0.15, -0.1) is 0 Å². The van der Waals surface area contributed by atoms with Crippen LogP contribution in [0.15, 0.2) is 29.3 Å². The second kappa shape index (κ2) is 9.09. The first-order valence-electron chi connectivity index (χ1n) is 11.5. The van der Waals surface area contributed by atoms with Crippen molar-refractivity contribution in [3.05, 3.63) is 29.8 Å². The van der Waals surface area contributed by atoms with Crippen molar-refractivity contribution in [1.82, 2.24) is 4.90 Å². The number of ether oxygens (including phenoxy) is 3. The predicted molar refractivity (Wildman–Crippen MR) is 114 cm³/mol. The van der Waals surface area contributed by atoms with E-state index in [0.29, 0.717) is 32.1 Å². The summed E-state index contributed by atoms with van der Waals surface area (Å²) in [6.07, 6.45) is 6.00. The number of para-hydroxylation sites is 1. The van der Waals surface area contributed by atoms with E-state index in [9.17, 15) is 9.59 Å². The Labute approximate surface area is 182 Å². The summed E-state index contributed by atoms with van der Waals surface area (Å²) in [5.41, 5.74) is 1.92. The smallest absolute Gasteiger partial charge is 0.274 e. The molecule has 0 unspecified atom stereocenters. The molecule has 2 bridgehead atoms. The Balaban J connectivity index is 1.38. The molecule has 31 heavy (non-hydrogen) atoms. The highest BCUT2D eigenvalue weighted by molar-refractivity contribution is 6.03. The highest BCUT2D eigenvalue weighted by Gasteiger charge is 2.37. The van der Waals surface area contributed by atoms with E-state index < -0.39 is 6.10 Å². The van der Waals surface area contributed by atoms with Gasteiger partial charge in [0.05, 0.1) is 18.8 Å². The molecular weight excluding hydrogens is 396 g/mol. The molecule has 2 saturated heterocycles. The number of rotatable bonds is 1. The molecule has 0 aromatic heterocycles. The molecule has 1 aromatic rings. The maximum Gasteiger partial charge on any atom is 0.274 e. The van der Waals surface area contributed by atoms with E-state index in [2.05, 4.69) is 11.1 Å². The molecule has 166 valence electrons. The zero-order chi connectivity index (χ0) is 21.2. The Hall–Kier alpha value is -2.25. The second-order valence-corrected chi connectivity index (χ2v) is 8.93. The number of carbonyl (C=O) groups excluding carboxylic acids is 2. The van der Waals surface area contributed by atoms with E-state index in [1.807, 2.05) is 18.2 Å². The number of hydrogen-bond donors (Lipinski definition) is 0. The zero-order valence-electron chi connectivity index (χ0n) is 17.8. The van der Waals surface area contributed by atoms with Gasteiger partial charge in [-0.1, -0.05) is 18.2 Å². The lowest BCUT2D eigenvalue weighted by atomic mass is 9.82. The predicted octanol–water partition coefficient (Wildman–Crippen LogP) is 2.87. The summed E-state index contributed by atoms with van der Waals surface area (Å²) >= 11 is 0. The van der Waals surface area contributed by atoms with Crippen LogP contribution in [0.4, 0.5) is 0 Å². The minimum Gasteiger partial charge on any atom is -0.483 e. The molecule has 2 atom stereocenters. The van der Waals surface area contributed by atoms with Gasteiger partial charge in [-0.05, 0) is 56.1 Å². The highest BCUT2D eigenvalue weighted by atomic mass is 16.5. The van der Waals surface area contributed by atoms with Crippen LogP contribution in [0.25, 0.3) is 0 Å². The van der Waals surface area contributed by atoms with Crippen molar-refractivity contribution in [3.8, 4) is 5.75 Å². The number of fused-ring (bicyclic) bond motifs is 5. The third kappa shape index (κ3) is 4.39. The molecule has 1 aromatic carbocycles. The third-order valence-corrected chi connectivity index (χ3v) is 7.02. The van der Waals surface area contributed by atoms with E-state index in [0.717, 1.165) is 50.0 Å². The molecule has 7 heteroatoms. The zero-order valence-corrected chi connectivity index (χ0v) is 17.8. The lowest BCUT2D eigenvalue weighted by Crippen LogP contribution is -2.44. The summed E-state index contributed by atoms with van der Waals surface area (Å²) in [6, 6.07) is 7.76. The molecule has 3 fully saturated rings. The van der Waals surface area contributed by atoms with Gasteiger partial charge in [0, 0.05) is 25.3 Å². The van der Waals surface area contributed by atoms with Gasteiger partial charge in [-0.2, -0.15) is 0 Å². The van der Waals surface area contributed by atoms with Gasteiger partial charge in [0.2, 0.25) is 0 Å². The van der Waals surface area contributed by atoms with Crippen LogP contribution in [0.5, 0.6) is 5.75 Å². The minimum absolute atomic E-state index is 0.0172. The number of aliphatic imine (C=N–C) groups is 1. The SMILES string of the molecule is O=C(N=C1CCN2C(=O)COc3ccccc3C3CCC(CC3)OC[C@@H]12)[C@@H]1CCCO1. The number of carbonyl (C=O) groups is 2. The molecule has 0 radical (unpaired) electrons. The molecule has 7 nitrogen and oxygen atoms in total. The Kier molecular flexibility index (Phi) is 6.05. The molecule has 1 saturated carbocycles. The quantitative estimate of drug-likeness (QED) is 0.690. The van der Waals surface area contributed by atoms with E-state index in [1.165, 1.54) is 5.56 Å². The summed E-state index contributed by atoms with van der Waals surface area (Å²) in [5.74, 6) is 0.922. The van der Waals surface area contributed by atoms with Crippen LogP contribution in [0.2, 0.25) is 0 Å². The van der Waals surface area contributed by atoms with Gasteiger partial charge in [0.1, 0.15) is 11.9 Å². The first-order chi connectivity index (χ1) is 15.2. The largest absolute Gasteiger partial charge is 0.483 e. The van der Waals surface area contributed by atoms with Gasteiger partial charge in [0.15, 0.2) is 6.61 Å². The van der Waals surface area contributed by atoms with Gasteiger partial charge in [-0.25, -0.2) is 4.99 Å². The number of hydrogen-bond acceptors (Lipinski definition) is 5. The summed E-state index contributed by atoms with van der Waals surface area (Å²) in [7, 11) is 0. The monoisotopic (exact) mass is 426 g/mol. The Morgan fingerprint density at radius 2 is 1.90 bits per heavy atom. The fourth-order valence-corrected chi connectivity index (χ4v) is 5.28. The van der Waals surface area contributed by atoms with Crippen LogP contribution < -0.4 is 4.74 Å². The minimum atomic E-state index is -0.442. The highest BCUT2D eigenvalue weighted by Crippen LogP contribution is 2.38. The standard InChI is InChI=1S/C24H30N2O5/c27-23-15-31-21-5-2-1-4-18(21)16-7-9-17(10-8-16)30-14-20-19(11-12-26(20)23)25-24(28)22-6-3-13-29-22/h1-2,4-5,16-17,20,22H,3,6-15H2/t16?,17?,20-,22-/m0/s1. The Bertz CT molecular complexity index is 855. The second-order valence-electron chi connectivity index (χ2n) is 8.93. The Morgan fingerprint density at radius 1 is 1.06 bits per heavy atom. The lowest BCUT2D eigenvalue weighted by Gasteiger charge is -2.30. The summed E-state index contributed by atoms with van der Waals surface area (Å²) in [4.78, 5) is 31.8. The first kappa shape index (κ1) is 20.6. The van der Waals surface area contributed by atoms with Crippen LogP contribution in [0.1, 0.15) is 56.4 Å². The number of nitrogens with zero attached hydrogens (tertiary/aromatic N) is 2. The van der Waals surface area contributed by atoms with E-state index in [-0.39, 0.29) is 30.6 Å². The molecule has 2 amide bonds. The van der Waals surface area contributed by atoms with Gasteiger partial charge in [-0.3, -0.25) is 9.59 Å². The molecule has 0 N–H and O–H groups in total. The van der Waals surface area contributed by atoms with Crippen LogP contribution in [0, 0.1) is 0 Å². The topological polar surface area (TPSA) is 77.4 Å². The van der Waals surface area contributed by atoms with E-state index in [4.69, 9.17) is 14.2 Å². The van der Waals surface area contributed by atoms with Crippen molar-refractivity contribution in [2.24, 2.45) is 4.99 Å². The van der Waals surface area contributed by atoms with Gasteiger partial charge in [0.25, 0.3) is 11.8 Å². The van der Waals surface area contributed by atoms with Crippen LogP contribution in [0.3, 0.4) is 0 Å². The normalized spacial score (nSPS) is 32.6. The first-order valence-corrected chi connectivity index (χ1v) is 11.5. The molecule has 6 rings (SSSR count). The lowest BCUT2D eigenvalue weighted by molar-refractivity contribution is -0.135. The maximum absolute atomic E-state index is 13.1. The Morgan fingerprint density at radius 3 is 2.71 bits per heavy atom. The number of benzene rings is 1. The van der Waals surface area contributed by atoms with Crippen molar-refractivity contribution >= 4 is 17.5 Å².